The lowest BCUT2D eigenvalue weighted by Crippen LogP contribution is -2.32. The first-order valence-corrected chi connectivity index (χ1v) is 5.99. The molecule has 1 aromatic heterocycles. The van der Waals surface area contributed by atoms with Gasteiger partial charge in [0.25, 0.3) is 0 Å². The molecule has 4 N–H and O–H groups in total. The van der Waals surface area contributed by atoms with E-state index in [9.17, 15) is 0 Å². The van der Waals surface area contributed by atoms with Crippen LogP contribution in [0.4, 0.5) is 0 Å². The van der Waals surface area contributed by atoms with Crippen LogP contribution in [0.15, 0.2) is 11.5 Å². The molecule has 7 nitrogen and oxygen atoms in total. The van der Waals surface area contributed by atoms with Crippen molar-refractivity contribution >= 4 is 5.84 Å². The number of amidine groups is 1. The Morgan fingerprint density at radius 3 is 2.89 bits per heavy atom. The number of aromatic nitrogens is 3. The Hall–Kier alpha value is -1.63. The van der Waals surface area contributed by atoms with E-state index in [-0.39, 0.29) is 11.3 Å². The Balaban J connectivity index is 2.19. The van der Waals surface area contributed by atoms with Crippen molar-refractivity contribution in [2.24, 2.45) is 23.4 Å². The summed E-state index contributed by atoms with van der Waals surface area (Å²) < 4.78 is 1.68. The first-order chi connectivity index (χ1) is 8.45. The second kappa shape index (κ2) is 6.34. The predicted octanol–water partition coefficient (Wildman–Crippen LogP) is 0.458. The van der Waals surface area contributed by atoms with E-state index in [1.165, 1.54) is 0 Å². The highest BCUT2D eigenvalue weighted by molar-refractivity contribution is 5.85. The van der Waals surface area contributed by atoms with Gasteiger partial charge >= 0.3 is 0 Å². The van der Waals surface area contributed by atoms with Gasteiger partial charge in [-0.05, 0) is 19.4 Å². The molecule has 0 atom stereocenters. The molecule has 0 aromatic carbocycles. The minimum atomic E-state index is -0.278. The van der Waals surface area contributed by atoms with Crippen LogP contribution in [-0.2, 0) is 13.6 Å². The number of aryl methyl sites for hydroxylation is 1. The second-order valence-corrected chi connectivity index (χ2v) is 4.98. The molecule has 0 amide bonds. The third-order valence-electron chi connectivity index (χ3n) is 2.89. The maximum absolute atomic E-state index is 8.65. The maximum atomic E-state index is 8.65. The van der Waals surface area contributed by atoms with Crippen molar-refractivity contribution in [3.63, 3.8) is 0 Å². The third kappa shape index (κ3) is 4.33. The van der Waals surface area contributed by atoms with Gasteiger partial charge in [-0.25, -0.2) is 4.98 Å². The summed E-state index contributed by atoms with van der Waals surface area (Å²) in [5.74, 6) is 1.06. The second-order valence-electron chi connectivity index (χ2n) is 4.98. The van der Waals surface area contributed by atoms with Crippen molar-refractivity contribution in [1.29, 1.82) is 0 Å². The maximum Gasteiger partial charge on any atom is 0.164 e. The van der Waals surface area contributed by atoms with Gasteiger partial charge in [0.2, 0.25) is 0 Å². The van der Waals surface area contributed by atoms with Crippen LogP contribution in [0.2, 0.25) is 0 Å². The normalized spacial score (nSPS) is 12.9. The van der Waals surface area contributed by atoms with E-state index in [1.54, 1.807) is 11.0 Å². The number of nitrogens with zero attached hydrogens (tertiary/aromatic N) is 4. The number of oxime groups is 1. The SMILES string of the molecule is Cn1cnc(CNCCCC(C)(C)C(N)=NO)n1. The Labute approximate surface area is 107 Å². The van der Waals surface area contributed by atoms with E-state index < -0.39 is 0 Å². The summed E-state index contributed by atoms with van der Waals surface area (Å²) in [7, 11) is 1.84. The number of hydrogen-bond acceptors (Lipinski definition) is 5. The molecule has 1 aromatic rings. The highest BCUT2D eigenvalue weighted by Gasteiger charge is 2.22. The molecule has 1 heterocycles. The molecular formula is C11H22N6O. The van der Waals surface area contributed by atoms with Crippen LogP contribution in [0.1, 0.15) is 32.5 Å². The zero-order chi connectivity index (χ0) is 13.6. The summed E-state index contributed by atoms with van der Waals surface area (Å²) in [4.78, 5) is 4.12. The van der Waals surface area contributed by atoms with Crippen molar-refractivity contribution in [3.8, 4) is 0 Å². The van der Waals surface area contributed by atoms with Crippen LogP contribution in [-0.4, -0.2) is 32.4 Å². The fourth-order valence-corrected chi connectivity index (χ4v) is 1.58. The number of nitrogens with one attached hydrogen (secondary N) is 1. The van der Waals surface area contributed by atoms with Crippen LogP contribution in [0, 0.1) is 5.41 Å². The molecule has 1 rings (SSSR count). The molecule has 0 unspecified atom stereocenters. The highest BCUT2D eigenvalue weighted by Crippen LogP contribution is 2.21. The van der Waals surface area contributed by atoms with E-state index in [1.807, 2.05) is 20.9 Å². The lowest BCUT2D eigenvalue weighted by atomic mass is 9.86. The number of nitrogens with two attached hydrogens (primary N) is 1. The average Bonchev–Trinajstić information content (AvgIpc) is 2.73. The van der Waals surface area contributed by atoms with Gasteiger partial charge in [-0.1, -0.05) is 19.0 Å². The fraction of sp³-hybridized carbons (Fsp3) is 0.727. The van der Waals surface area contributed by atoms with Crippen molar-refractivity contribution < 1.29 is 5.21 Å². The van der Waals surface area contributed by atoms with Crippen molar-refractivity contribution in [1.82, 2.24) is 20.1 Å². The van der Waals surface area contributed by atoms with Gasteiger partial charge in [-0.15, -0.1) is 0 Å². The Kier molecular flexibility index (Phi) is 5.08. The molecule has 0 aliphatic heterocycles. The van der Waals surface area contributed by atoms with Gasteiger partial charge in [0.1, 0.15) is 12.2 Å². The minimum absolute atomic E-state index is 0.272. The average molecular weight is 254 g/mol. The van der Waals surface area contributed by atoms with E-state index in [0.29, 0.717) is 6.54 Å². The topological polar surface area (TPSA) is 101 Å². The van der Waals surface area contributed by atoms with Crippen LogP contribution >= 0.6 is 0 Å². The molecule has 0 spiro atoms. The smallest absolute Gasteiger partial charge is 0.164 e. The molecule has 7 heteroatoms. The van der Waals surface area contributed by atoms with Crippen LogP contribution < -0.4 is 11.1 Å². The fourth-order valence-electron chi connectivity index (χ4n) is 1.58. The lowest BCUT2D eigenvalue weighted by Gasteiger charge is -2.22. The van der Waals surface area contributed by atoms with Gasteiger partial charge < -0.3 is 16.3 Å². The van der Waals surface area contributed by atoms with Gasteiger partial charge in [-0.3, -0.25) is 4.68 Å². The summed E-state index contributed by atoms with van der Waals surface area (Å²) in [5.41, 5.74) is 5.34. The molecule has 0 saturated carbocycles. The molecule has 0 aliphatic carbocycles. The van der Waals surface area contributed by atoms with Gasteiger partial charge in [0.15, 0.2) is 5.82 Å². The minimum Gasteiger partial charge on any atom is -0.409 e. The summed E-state index contributed by atoms with van der Waals surface area (Å²) in [6, 6.07) is 0. The van der Waals surface area contributed by atoms with E-state index in [4.69, 9.17) is 10.9 Å². The molecule has 0 saturated heterocycles. The Morgan fingerprint density at radius 2 is 2.33 bits per heavy atom. The monoisotopic (exact) mass is 254 g/mol. The zero-order valence-electron chi connectivity index (χ0n) is 11.2. The van der Waals surface area contributed by atoms with Crippen molar-refractivity contribution in [2.75, 3.05) is 6.54 Å². The largest absolute Gasteiger partial charge is 0.409 e. The molecule has 18 heavy (non-hydrogen) atoms. The number of rotatable bonds is 7. The molecule has 0 radical (unpaired) electrons. The van der Waals surface area contributed by atoms with E-state index in [0.717, 1.165) is 25.2 Å². The van der Waals surface area contributed by atoms with Gasteiger partial charge in [-0.2, -0.15) is 5.10 Å². The predicted molar refractivity (Wildman–Crippen MR) is 69.1 cm³/mol. The number of hydrogen-bond donors (Lipinski definition) is 3. The van der Waals surface area contributed by atoms with Crippen molar-refractivity contribution in [3.05, 3.63) is 12.2 Å². The molecule has 0 aliphatic rings. The van der Waals surface area contributed by atoms with Crippen LogP contribution in [0.3, 0.4) is 0 Å². The highest BCUT2D eigenvalue weighted by atomic mass is 16.4. The summed E-state index contributed by atoms with van der Waals surface area (Å²) in [6.45, 7) is 5.43. The van der Waals surface area contributed by atoms with E-state index in [2.05, 4.69) is 20.6 Å². The van der Waals surface area contributed by atoms with Gasteiger partial charge in [0, 0.05) is 12.5 Å². The van der Waals surface area contributed by atoms with Crippen LogP contribution in [0.5, 0.6) is 0 Å². The van der Waals surface area contributed by atoms with Gasteiger partial charge in [0.05, 0.1) is 6.54 Å². The summed E-state index contributed by atoms with van der Waals surface area (Å²) >= 11 is 0. The zero-order valence-corrected chi connectivity index (χ0v) is 11.2. The summed E-state index contributed by atoms with van der Waals surface area (Å²) in [6.07, 6.45) is 3.47. The Morgan fingerprint density at radius 1 is 1.61 bits per heavy atom. The molecule has 102 valence electrons. The van der Waals surface area contributed by atoms with Crippen LogP contribution in [0.25, 0.3) is 0 Å². The molecule has 0 bridgehead atoms. The standard InChI is InChI=1S/C11H22N6O/c1-11(2,10(12)16-18)5-4-6-13-7-9-14-8-17(3)15-9/h8,13,18H,4-7H2,1-3H3,(H2,12,16). The quantitative estimate of drug-likeness (QED) is 0.216. The van der Waals surface area contributed by atoms with Crippen molar-refractivity contribution in [2.45, 2.75) is 33.2 Å². The third-order valence-corrected chi connectivity index (χ3v) is 2.89. The molecular weight excluding hydrogens is 232 g/mol. The Bertz CT molecular complexity index is 398. The first-order valence-electron chi connectivity index (χ1n) is 5.99. The lowest BCUT2D eigenvalue weighted by molar-refractivity contribution is 0.304. The first kappa shape index (κ1) is 14.4. The summed E-state index contributed by atoms with van der Waals surface area (Å²) in [5, 5.41) is 19.1. The van der Waals surface area contributed by atoms with E-state index >= 15 is 0 Å². The molecule has 0 fully saturated rings.